The van der Waals surface area contributed by atoms with Gasteiger partial charge in [0.2, 0.25) is 5.91 Å². The molecule has 0 N–H and O–H groups in total. The van der Waals surface area contributed by atoms with Crippen LogP contribution in [-0.4, -0.2) is 38.1 Å². The van der Waals surface area contributed by atoms with Gasteiger partial charge in [-0.2, -0.15) is 5.10 Å². The first kappa shape index (κ1) is 17.1. The average molecular weight is 391 g/mol. The van der Waals surface area contributed by atoms with Crippen LogP contribution in [-0.2, 0) is 11.3 Å². The lowest BCUT2D eigenvalue weighted by Crippen LogP contribution is -2.34. The summed E-state index contributed by atoms with van der Waals surface area (Å²) < 4.78 is 2.94. The molecule has 0 saturated carbocycles. The molecule has 1 amide bonds. The molecule has 0 bridgehead atoms. The number of amides is 1. The fraction of sp³-hybridized carbons (Fsp3) is 0.278. The zero-order chi connectivity index (χ0) is 18.3. The number of aromatic nitrogens is 3. The standard InChI is InChI=1S/C18H16Cl2N4O2/c19-14-4-3-12(9-15(14)20)13-10-21-24-8-7-23(18(26)17(13)24)11-16(25)22-5-1-2-6-22/h3-4,7-10H,1-2,5-6,11H2. The van der Waals surface area contributed by atoms with E-state index in [2.05, 4.69) is 5.10 Å². The van der Waals surface area contributed by atoms with Crippen molar-refractivity contribution in [1.82, 2.24) is 19.1 Å². The van der Waals surface area contributed by atoms with Crippen LogP contribution in [0, 0.1) is 0 Å². The number of likely N-dealkylation sites (tertiary alicyclic amines) is 1. The Bertz CT molecular complexity index is 1050. The molecule has 134 valence electrons. The van der Waals surface area contributed by atoms with Crippen LogP contribution in [0.4, 0.5) is 0 Å². The minimum atomic E-state index is -0.265. The molecule has 1 aromatic carbocycles. The van der Waals surface area contributed by atoms with Crippen LogP contribution in [0.1, 0.15) is 12.8 Å². The third-order valence-corrected chi connectivity index (χ3v) is 5.38. The molecule has 3 heterocycles. The second-order valence-electron chi connectivity index (χ2n) is 6.30. The van der Waals surface area contributed by atoms with Gasteiger partial charge in [-0.1, -0.05) is 29.3 Å². The molecular formula is C18H16Cl2N4O2. The lowest BCUT2D eigenvalue weighted by molar-refractivity contribution is -0.130. The van der Waals surface area contributed by atoms with Crippen molar-refractivity contribution in [3.05, 3.63) is 57.2 Å². The van der Waals surface area contributed by atoms with Gasteiger partial charge in [-0.05, 0) is 30.5 Å². The number of nitrogens with zero attached hydrogens (tertiary/aromatic N) is 4. The van der Waals surface area contributed by atoms with Crippen LogP contribution in [0.5, 0.6) is 0 Å². The van der Waals surface area contributed by atoms with E-state index in [9.17, 15) is 9.59 Å². The Labute approximate surface area is 159 Å². The topological polar surface area (TPSA) is 59.6 Å². The van der Waals surface area contributed by atoms with Gasteiger partial charge in [0.05, 0.1) is 16.2 Å². The summed E-state index contributed by atoms with van der Waals surface area (Å²) in [5.74, 6) is -0.0375. The van der Waals surface area contributed by atoms with Crippen molar-refractivity contribution in [2.75, 3.05) is 13.1 Å². The quantitative estimate of drug-likeness (QED) is 0.690. The van der Waals surface area contributed by atoms with Gasteiger partial charge in [0.25, 0.3) is 5.56 Å². The molecule has 26 heavy (non-hydrogen) atoms. The highest BCUT2D eigenvalue weighted by Crippen LogP contribution is 2.29. The molecular weight excluding hydrogens is 375 g/mol. The fourth-order valence-electron chi connectivity index (χ4n) is 3.25. The van der Waals surface area contributed by atoms with E-state index >= 15 is 0 Å². The van der Waals surface area contributed by atoms with E-state index in [0.717, 1.165) is 31.5 Å². The predicted octanol–water partition coefficient (Wildman–Crippen LogP) is 3.09. The van der Waals surface area contributed by atoms with Gasteiger partial charge in [-0.25, -0.2) is 4.52 Å². The summed E-state index contributed by atoms with van der Waals surface area (Å²) >= 11 is 12.1. The molecule has 0 unspecified atom stereocenters. The van der Waals surface area contributed by atoms with E-state index in [0.29, 0.717) is 21.1 Å². The monoisotopic (exact) mass is 390 g/mol. The molecule has 3 aromatic rings. The van der Waals surface area contributed by atoms with Crippen LogP contribution >= 0.6 is 23.2 Å². The van der Waals surface area contributed by atoms with Crippen molar-refractivity contribution >= 4 is 34.6 Å². The van der Waals surface area contributed by atoms with Gasteiger partial charge >= 0.3 is 0 Å². The third-order valence-electron chi connectivity index (χ3n) is 4.64. The summed E-state index contributed by atoms with van der Waals surface area (Å²) in [5.41, 5.74) is 1.53. The highest BCUT2D eigenvalue weighted by atomic mass is 35.5. The van der Waals surface area contributed by atoms with Gasteiger partial charge in [-0.3, -0.25) is 9.59 Å². The van der Waals surface area contributed by atoms with Gasteiger partial charge < -0.3 is 9.47 Å². The maximum atomic E-state index is 13.0. The molecule has 1 fully saturated rings. The maximum absolute atomic E-state index is 13.0. The van der Waals surface area contributed by atoms with E-state index in [1.807, 2.05) is 0 Å². The Morgan fingerprint density at radius 2 is 1.88 bits per heavy atom. The first-order chi connectivity index (χ1) is 12.5. The Morgan fingerprint density at radius 3 is 2.62 bits per heavy atom. The number of fused-ring (bicyclic) bond motifs is 1. The molecule has 6 nitrogen and oxygen atoms in total. The molecule has 8 heteroatoms. The second-order valence-corrected chi connectivity index (χ2v) is 7.11. The minimum absolute atomic E-state index is 0.0291. The van der Waals surface area contributed by atoms with Crippen molar-refractivity contribution in [3.63, 3.8) is 0 Å². The average Bonchev–Trinajstić information content (AvgIpc) is 3.29. The van der Waals surface area contributed by atoms with Crippen molar-refractivity contribution in [2.24, 2.45) is 0 Å². The van der Waals surface area contributed by atoms with E-state index < -0.39 is 0 Å². The Hall–Kier alpha value is -2.31. The van der Waals surface area contributed by atoms with Crippen molar-refractivity contribution < 1.29 is 4.79 Å². The molecule has 1 aliphatic heterocycles. The summed E-state index contributed by atoms with van der Waals surface area (Å²) in [6, 6.07) is 5.17. The van der Waals surface area contributed by atoms with Gasteiger partial charge in [-0.15, -0.1) is 0 Å². The van der Waals surface area contributed by atoms with Gasteiger partial charge in [0.15, 0.2) is 0 Å². The highest BCUT2D eigenvalue weighted by Gasteiger charge is 2.20. The van der Waals surface area contributed by atoms with Crippen molar-refractivity contribution in [3.8, 4) is 11.1 Å². The van der Waals surface area contributed by atoms with Crippen LogP contribution in [0.25, 0.3) is 16.6 Å². The zero-order valence-corrected chi connectivity index (χ0v) is 15.4. The molecule has 0 radical (unpaired) electrons. The summed E-state index contributed by atoms with van der Waals surface area (Å²) in [6.07, 6.45) is 6.92. The molecule has 2 aromatic heterocycles. The lowest BCUT2D eigenvalue weighted by Gasteiger charge is -2.16. The summed E-state index contributed by atoms with van der Waals surface area (Å²) in [5, 5.41) is 5.09. The number of hydrogen-bond donors (Lipinski definition) is 0. The normalized spacial score (nSPS) is 14.3. The summed E-state index contributed by atoms with van der Waals surface area (Å²) in [6.45, 7) is 1.55. The zero-order valence-electron chi connectivity index (χ0n) is 13.9. The van der Waals surface area contributed by atoms with E-state index in [4.69, 9.17) is 23.2 Å². The molecule has 1 saturated heterocycles. The Morgan fingerprint density at radius 1 is 1.12 bits per heavy atom. The summed E-state index contributed by atoms with van der Waals surface area (Å²) in [4.78, 5) is 27.1. The third kappa shape index (κ3) is 2.99. The van der Waals surface area contributed by atoms with Crippen molar-refractivity contribution in [2.45, 2.75) is 19.4 Å². The van der Waals surface area contributed by atoms with Crippen molar-refractivity contribution in [1.29, 1.82) is 0 Å². The predicted molar refractivity (Wildman–Crippen MR) is 101 cm³/mol. The number of hydrogen-bond acceptors (Lipinski definition) is 3. The molecule has 0 spiro atoms. The van der Waals surface area contributed by atoms with Gasteiger partial charge in [0, 0.05) is 31.0 Å². The Kier molecular flexibility index (Phi) is 4.46. The second kappa shape index (κ2) is 6.78. The number of halogens is 2. The highest BCUT2D eigenvalue weighted by molar-refractivity contribution is 6.42. The van der Waals surface area contributed by atoms with E-state index in [1.54, 1.807) is 41.7 Å². The van der Waals surface area contributed by atoms with Crippen LogP contribution in [0.3, 0.4) is 0 Å². The Balaban J connectivity index is 1.75. The molecule has 0 aliphatic carbocycles. The van der Waals surface area contributed by atoms with E-state index in [1.165, 1.54) is 9.08 Å². The maximum Gasteiger partial charge on any atom is 0.277 e. The molecule has 0 atom stereocenters. The molecule has 4 rings (SSSR count). The summed E-state index contributed by atoms with van der Waals surface area (Å²) in [7, 11) is 0. The smallest absolute Gasteiger partial charge is 0.277 e. The van der Waals surface area contributed by atoms with Crippen LogP contribution in [0.15, 0.2) is 41.6 Å². The van der Waals surface area contributed by atoms with Crippen LogP contribution in [0.2, 0.25) is 10.0 Å². The number of rotatable bonds is 3. The largest absolute Gasteiger partial charge is 0.341 e. The number of carbonyl (C=O) groups is 1. The van der Waals surface area contributed by atoms with E-state index in [-0.39, 0.29) is 18.0 Å². The minimum Gasteiger partial charge on any atom is -0.341 e. The SMILES string of the molecule is O=C(Cn1ccn2ncc(-c3ccc(Cl)c(Cl)c3)c2c1=O)N1CCCC1. The van der Waals surface area contributed by atoms with Gasteiger partial charge in [0.1, 0.15) is 12.1 Å². The molecule has 1 aliphatic rings. The number of benzene rings is 1. The lowest BCUT2D eigenvalue weighted by atomic mass is 10.1. The fourth-order valence-corrected chi connectivity index (χ4v) is 3.55. The number of carbonyl (C=O) groups excluding carboxylic acids is 1. The van der Waals surface area contributed by atoms with Crippen LogP contribution < -0.4 is 5.56 Å². The first-order valence-corrected chi connectivity index (χ1v) is 9.10. The first-order valence-electron chi connectivity index (χ1n) is 8.34.